The minimum Gasteiger partial charge on any atom is -0.366 e. The lowest BCUT2D eigenvalue weighted by atomic mass is 10.1. The maximum atomic E-state index is 5.18. The molecule has 0 amide bonds. The van der Waals surface area contributed by atoms with Crippen LogP contribution in [0.5, 0.6) is 0 Å². The van der Waals surface area contributed by atoms with E-state index >= 15 is 0 Å². The number of thiol groups is 1. The van der Waals surface area contributed by atoms with Crippen molar-refractivity contribution in [1.29, 1.82) is 0 Å². The Morgan fingerprint density at radius 1 is 1.54 bits per heavy atom. The second-order valence-electron chi connectivity index (χ2n) is 2.81. The Labute approximate surface area is 91.7 Å². The summed E-state index contributed by atoms with van der Waals surface area (Å²) < 4.78 is 5.18. The van der Waals surface area contributed by atoms with Crippen LogP contribution in [0.2, 0.25) is 0 Å². The van der Waals surface area contributed by atoms with E-state index in [1.54, 1.807) is 7.11 Å². The van der Waals surface area contributed by atoms with Crippen molar-refractivity contribution < 1.29 is 4.74 Å². The van der Waals surface area contributed by atoms with Crippen molar-refractivity contribution in [2.24, 2.45) is 0 Å². The summed E-state index contributed by atoms with van der Waals surface area (Å²) in [5.41, 5.74) is 2.31. The van der Waals surface area contributed by atoms with Gasteiger partial charge in [0.1, 0.15) is 5.44 Å². The Hall–Kier alpha value is 0.0969. The van der Waals surface area contributed by atoms with Gasteiger partial charge in [-0.2, -0.15) is 11.2 Å². The third-order valence-electron chi connectivity index (χ3n) is 1.98. The van der Waals surface area contributed by atoms with Crippen LogP contribution in [0.4, 0.5) is 0 Å². The molecule has 0 saturated heterocycles. The lowest BCUT2D eigenvalue weighted by molar-refractivity contribution is 0.177. The molecule has 1 nitrogen and oxygen atoms in total. The minimum atomic E-state index is -0.103. The molecule has 0 saturated carbocycles. The Bertz CT molecular complexity index is 291. The molecule has 13 heavy (non-hydrogen) atoms. The molecule has 0 fully saturated rings. The molecule has 0 radical (unpaired) electrons. The first-order valence-electron chi connectivity index (χ1n) is 4.04. The average molecular weight is 230 g/mol. The summed E-state index contributed by atoms with van der Waals surface area (Å²) in [5, 5.41) is 0. The molecule has 1 aromatic carbocycles. The van der Waals surface area contributed by atoms with E-state index < -0.39 is 0 Å². The number of hydrogen-bond acceptors (Lipinski definition) is 3. The van der Waals surface area contributed by atoms with E-state index in [0.717, 1.165) is 9.39 Å². The molecule has 0 aliphatic heterocycles. The topological polar surface area (TPSA) is 9.23 Å². The zero-order chi connectivity index (χ0) is 9.84. The first-order chi connectivity index (χ1) is 6.19. The number of aryl methyl sites for hydroxylation is 1. The molecule has 0 aliphatic rings. The highest BCUT2D eigenvalue weighted by Crippen LogP contribution is 2.27. The Balaban J connectivity index is 3.03. The summed E-state index contributed by atoms with van der Waals surface area (Å²) in [4.78, 5) is 1.31. The largest absolute Gasteiger partial charge is 0.366 e. The third-order valence-corrected chi connectivity index (χ3v) is 4.60. The zero-order valence-corrected chi connectivity index (χ0v) is 11.8. The number of hydrogen-bond donors (Lipinski definition) is 1. The van der Waals surface area contributed by atoms with Gasteiger partial charge in [0.2, 0.25) is 0 Å². The molecular formula is C9H14OS2Si. The first kappa shape index (κ1) is 11.2. The van der Waals surface area contributed by atoms with Crippen LogP contribution in [0.3, 0.4) is 0 Å². The van der Waals surface area contributed by atoms with Gasteiger partial charge >= 0.3 is 0 Å². The van der Waals surface area contributed by atoms with Crippen LogP contribution in [0.25, 0.3) is 0 Å². The number of methoxy groups -OCH3 is 1. The third kappa shape index (κ3) is 2.77. The van der Waals surface area contributed by atoms with Crippen LogP contribution < -0.4 is 0 Å². The maximum absolute atomic E-state index is 5.18. The SMILES string of the molecule is COC(S)c1cc(S[SiH3])ccc1C. The molecule has 0 spiro atoms. The zero-order valence-electron chi connectivity index (χ0n) is 8.07. The predicted molar refractivity (Wildman–Crippen MR) is 65.7 cm³/mol. The van der Waals surface area contributed by atoms with Crippen molar-refractivity contribution >= 4 is 33.2 Å². The molecule has 0 aromatic heterocycles. The Morgan fingerprint density at radius 3 is 2.77 bits per heavy atom. The maximum Gasteiger partial charge on any atom is 0.125 e. The van der Waals surface area contributed by atoms with Gasteiger partial charge in [0.05, 0.1) is 9.39 Å². The van der Waals surface area contributed by atoms with Gasteiger partial charge in [-0.15, -0.1) is 12.6 Å². The summed E-state index contributed by atoms with van der Waals surface area (Å²) in [6.45, 7) is 2.08. The average Bonchev–Trinajstić information content (AvgIpc) is 2.17. The smallest absolute Gasteiger partial charge is 0.125 e. The predicted octanol–water partition coefficient (Wildman–Crippen LogP) is 1.94. The highest BCUT2D eigenvalue weighted by atomic mass is 32.4. The molecule has 0 heterocycles. The van der Waals surface area contributed by atoms with Gasteiger partial charge in [-0.05, 0) is 30.2 Å². The van der Waals surface area contributed by atoms with E-state index in [2.05, 4.69) is 37.8 Å². The Kier molecular flexibility index (Phi) is 4.38. The fourth-order valence-electron chi connectivity index (χ4n) is 1.14. The molecule has 0 N–H and O–H groups in total. The van der Waals surface area contributed by atoms with Gasteiger partial charge < -0.3 is 4.74 Å². The van der Waals surface area contributed by atoms with E-state index in [-0.39, 0.29) is 5.44 Å². The highest BCUT2D eigenvalue weighted by Gasteiger charge is 2.08. The first-order valence-corrected chi connectivity index (χ1v) is 8.23. The fourth-order valence-corrected chi connectivity index (χ4v) is 2.63. The van der Waals surface area contributed by atoms with Gasteiger partial charge in [0.15, 0.2) is 0 Å². The molecule has 1 atom stereocenters. The van der Waals surface area contributed by atoms with Crippen molar-refractivity contribution in [3.63, 3.8) is 0 Å². The van der Waals surface area contributed by atoms with Gasteiger partial charge in [-0.1, -0.05) is 6.07 Å². The Morgan fingerprint density at radius 2 is 2.23 bits per heavy atom. The van der Waals surface area contributed by atoms with Crippen molar-refractivity contribution in [2.45, 2.75) is 17.3 Å². The van der Waals surface area contributed by atoms with Gasteiger partial charge in [0, 0.05) is 12.0 Å². The van der Waals surface area contributed by atoms with Crippen molar-refractivity contribution in [1.82, 2.24) is 0 Å². The molecule has 4 heteroatoms. The monoisotopic (exact) mass is 230 g/mol. The molecular weight excluding hydrogens is 216 g/mol. The van der Waals surface area contributed by atoms with E-state index in [4.69, 9.17) is 4.74 Å². The fraction of sp³-hybridized carbons (Fsp3) is 0.333. The van der Waals surface area contributed by atoms with Gasteiger partial charge in [-0.25, -0.2) is 0 Å². The second kappa shape index (κ2) is 5.10. The summed E-state index contributed by atoms with van der Waals surface area (Å²) in [6, 6.07) is 6.43. The van der Waals surface area contributed by atoms with Gasteiger partial charge in [0.25, 0.3) is 0 Å². The van der Waals surface area contributed by atoms with Crippen molar-refractivity contribution in [3.05, 3.63) is 29.3 Å². The van der Waals surface area contributed by atoms with Crippen LogP contribution >= 0.6 is 23.8 Å². The van der Waals surface area contributed by atoms with Crippen molar-refractivity contribution in [3.8, 4) is 0 Å². The molecule has 1 aromatic rings. The summed E-state index contributed by atoms with van der Waals surface area (Å²) in [6.07, 6.45) is 0. The number of benzene rings is 1. The van der Waals surface area contributed by atoms with E-state index in [0.29, 0.717) is 0 Å². The van der Waals surface area contributed by atoms with Crippen LogP contribution in [-0.2, 0) is 4.74 Å². The summed E-state index contributed by atoms with van der Waals surface area (Å²) in [7, 11) is 2.80. The van der Waals surface area contributed by atoms with E-state index in [1.165, 1.54) is 16.0 Å². The quantitative estimate of drug-likeness (QED) is 0.483. The van der Waals surface area contributed by atoms with E-state index in [9.17, 15) is 0 Å². The minimum absolute atomic E-state index is 0.103. The van der Waals surface area contributed by atoms with Crippen LogP contribution in [0, 0.1) is 6.92 Å². The highest BCUT2D eigenvalue weighted by molar-refractivity contribution is 8.19. The summed E-state index contributed by atoms with van der Waals surface area (Å²) in [5.74, 6) is 0. The standard InChI is InChI=1S/C9H14OS2Si/c1-6-3-4-7(12-13)5-8(6)9(11)10-2/h3-5,9,11H,1-2,13H3. The lowest BCUT2D eigenvalue weighted by Crippen LogP contribution is -1.96. The molecule has 1 rings (SSSR count). The second-order valence-corrected chi connectivity index (χ2v) is 5.38. The van der Waals surface area contributed by atoms with Crippen LogP contribution in [-0.4, -0.2) is 16.5 Å². The molecule has 0 aliphatic carbocycles. The lowest BCUT2D eigenvalue weighted by Gasteiger charge is -2.13. The molecule has 0 bridgehead atoms. The summed E-state index contributed by atoms with van der Waals surface area (Å²) >= 11 is 6.22. The van der Waals surface area contributed by atoms with Crippen LogP contribution in [0.1, 0.15) is 16.6 Å². The van der Waals surface area contributed by atoms with Crippen molar-refractivity contribution in [2.75, 3.05) is 7.11 Å². The van der Waals surface area contributed by atoms with E-state index in [1.807, 2.05) is 11.2 Å². The normalized spacial score (nSPS) is 13.2. The molecule has 72 valence electrons. The van der Waals surface area contributed by atoms with Crippen LogP contribution in [0.15, 0.2) is 23.1 Å². The number of rotatable bonds is 3. The van der Waals surface area contributed by atoms with Gasteiger partial charge in [-0.3, -0.25) is 0 Å². The number of ether oxygens (including phenoxy) is 1. The molecule has 1 unspecified atom stereocenters.